The number of carbonyl (C=O) groups excluding carboxylic acids is 1. The summed E-state index contributed by atoms with van der Waals surface area (Å²) in [6.45, 7) is 7.14. The number of hydrogen-bond acceptors (Lipinski definition) is 3. The molecule has 0 atom stereocenters. The van der Waals surface area contributed by atoms with Gasteiger partial charge < -0.3 is 22.1 Å². The van der Waals surface area contributed by atoms with Gasteiger partial charge in [-0.05, 0) is 50.2 Å². The van der Waals surface area contributed by atoms with Crippen LogP contribution in [-0.2, 0) is 0 Å². The number of amides is 2. The number of rotatable bonds is 8. The number of hydrogen-bond donors (Lipinski definition) is 4. The smallest absolute Gasteiger partial charge is 0.323 e. The molecule has 0 fully saturated rings. The maximum Gasteiger partial charge on any atom is 0.323 e. The lowest BCUT2D eigenvalue weighted by Crippen LogP contribution is -2.19. The van der Waals surface area contributed by atoms with Crippen molar-refractivity contribution in [3.05, 3.63) is 71.3 Å². The van der Waals surface area contributed by atoms with Crippen LogP contribution in [0.25, 0.3) is 11.4 Å². The second-order valence-electron chi connectivity index (χ2n) is 7.23. The fourth-order valence-electron chi connectivity index (χ4n) is 2.92. The minimum atomic E-state index is -0.622. The van der Waals surface area contributed by atoms with Gasteiger partial charge >= 0.3 is 6.03 Å². The molecule has 2 aromatic rings. The van der Waals surface area contributed by atoms with Crippen molar-refractivity contribution in [1.29, 1.82) is 0 Å². The van der Waals surface area contributed by atoms with Crippen molar-refractivity contribution in [1.82, 2.24) is 0 Å². The summed E-state index contributed by atoms with van der Waals surface area (Å²) < 4.78 is 29.1. The second kappa shape index (κ2) is 12.3. The molecule has 34 heavy (non-hydrogen) atoms. The molecule has 2 amide bonds. The van der Waals surface area contributed by atoms with Crippen molar-refractivity contribution >= 4 is 40.5 Å². The molecule has 0 saturated heterocycles. The Labute approximate surface area is 198 Å². The van der Waals surface area contributed by atoms with Crippen LogP contribution in [0.1, 0.15) is 51.7 Å². The zero-order valence-corrected chi connectivity index (χ0v) is 19.7. The summed E-state index contributed by atoms with van der Waals surface area (Å²) in [5, 5.41) is 5.17. The summed E-state index contributed by atoms with van der Waals surface area (Å²) in [5.74, 6) is -0.322. The van der Waals surface area contributed by atoms with Gasteiger partial charge in [-0.2, -0.15) is 0 Å². The molecule has 2 rings (SSSR count). The Bertz CT molecular complexity index is 1170. The van der Waals surface area contributed by atoms with E-state index in [2.05, 4.69) is 20.6 Å². The fraction of sp³-hybridized carbons (Fsp3) is 0.240. The molecule has 9 heteroatoms. The molecular formula is C25H30F2N6O. The highest BCUT2D eigenvalue weighted by Gasteiger charge is 2.12. The largest absolute Gasteiger partial charge is 0.387 e. The van der Waals surface area contributed by atoms with E-state index in [1.54, 1.807) is 32.1 Å². The quantitative estimate of drug-likeness (QED) is 0.287. The van der Waals surface area contributed by atoms with Crippen LogP contribution in [0.4, 0.5) is 25.0 Å². The fourth-order valence-corrected chi connectivity index (χ4v) is 2.92. The van der Waals surface area contributed by atoms with E-state index in [9.17, 15) is 13.6 Å². The van der Waals surface area contributed by atoms with Crippen LogP contribution in [0.5, 0.6) is 0 Å². The second-order valence-corrected chi connectivity index (χ2v) is 7.23. The zero-order valence-electron chi connectivity index (χ0n) is 19.7. The van der Waals surface area contributed by atoms with Crippen molar-refractivity contribution in [2.45, 2.75) is 40.5 Å². The number of aliphatic imine (C=N–C) groups is 2. The van der Waals surface area contributed by atoms with Crippen LogP contribution < -0.4 is 22.1 Å². The first-order valence-electron chi connectivity index (χ1n) is 10.9. The molecule has 0 unspecified atom stereocenters. The van der Waals surface area contributed by atoms with Crippen molar-refractivity contribution in [3.8, 4) is 0 Å². The number of carbonyl (C=O) groups is 1. The van der Waals surface area contributed by atoms with Gasteiger partial charge in [0.2, 0.25) is 0 Å². The molecule has 6 N–H and O–H groups in total. The Balaban J connectivity index is 2.20. The minimum absolute atomic E-state index is 0.192. The number of benzene rings is 2. The molecule has 2 aromatic carbocycles. The predicted molar refractivity (Wildman–Crippen MR) is 137 cm³/mol. The summed E-state index contributed by atoms with van der Waals surface area (Å²) in [5.41, 5.74) is 13.3. The SMILES string of the molecule is C/C=C(\N=C(N)CC)c1ccc(NC(=O)Nc2ccc(F)c(/C(=C/C)N=C(N)CC)c2)cc1F. The van der Waals surface area contributed by atoms with E-state index in [1.807, 2.05) is 13.8 Å². The summed E-state index contributed by atoms with van der Waals surface area (Å²) in [4.78, 5) is 20.9. The van der Waals surface area contributed by atoms with E-state index in [0.717, 1.165) is 0 Å². The van der Waals surface area contributed by atoms with Crippen LogP contribution in [0.15, 0.2) is 58.5 Å². The molecule has 0 aromatic heterocycles. The standard InChI is InChI=1S/C25H30F2N6O/c1-5-21(32-23(28)7-3)17-11-9-16(14-20(17)27)31-25(34)30-15-10-12-19(26)18(13-15)22(6-2)33-24(29)8-4/h5-6,9-14H,7-8H2,1-4H3,(H2,28,32)(H2,29,33)(H2,30,31,34)/b21-5-,22-6-. The summed E-state index contributed by atoms with van der Waals surface area (Å²) in [6.07, 6.45) is 4.34. The van der Waals surface area contributed by atoms with Crippen molar-refractivity contribution in [2.24, 2.45) is 21.5 Å². The first-order chi connectivity index (χ1) is 16.2. The minimum Gasteiger partial charge on any atom is -0.387 e. The monoisotopic (exact) mass is 468 g/mol. The average Bonchev–Trinajstić information content (AvgIpc) is 2.82. The van der Waals surface area contributed by atoms with Crippen LogP contribution in [0.3, 0.4) is 0 Å². The van der Waals surface area contributed by atoms with E-state index in [0.29, 0.717) is 41.6 Å². The average molecular weight is 469 g/mol. The van der Waals surface area contributed by atoms with E-state index < -0.39 is 17.7 Å². The lowest BCUT2D eigenvalue weighted by Gasteiger charge is -2.12. The molecule has 0 heterocycles. The Morgan fingerprint density at radius 3 is 1.82 bits per heavy atom. The number of anilines is 2. The van der Waals surface area contributed by atoms with Crippen LogP contribution >= 0.6 is 0 Å². The molecule has 0 aliphatic carbocycles. The van der Waals surface area contributed by atoms with Gasteiger partial charge in [0.05, 0.1) is 23.1 Å². The van der Waals surface area contributed by atoms with Gasteiger partial charge in [0.1, 0.15) is 11.6 Å². The van der Waals surface area contributed by atoms with Gasteiger partial charge in [0, 0.05) is 35.3 Å². The Kier molecular flexibility index (Phi) is 9.49. The van der Waals surface area contributed by atoms with Crippen LogP contribution in [-0.4, -0.2) is 17.7 Å². The lowest BCUT2D eigenvalue weighted by molar-refractivity contribution is 0.262. The number of allylic oxidation sites excluding steroid dienone is 2. The van der Waals surface area contributed by atoms with Gasteiger partial charge in [0.25, 0.3) is 0 Å². The summed E-state index contributed by atoms with van der Waals surface area (Å²) >= 11 is 0. The number of nitrogens with two attached hydrogens (primary N) is 2. The number of halogens is 2. The number of nitrogens with one attached hydrogen (secondary N) is 2. The van der Waals surface area contributed by atoms with Crippen LogP contribution in [0, 0.1) is 11.6 Å². The molecule has 0 aliphatic heterocycles. The van der Waals surface area contributed by atoms with Gasteiger partial charge in [-0.15, -0.1) is 0 Å². The third-order valence-electron chi connectivity index (χ3n) is 4.80. The van der Waals surface area contributed by atoms with E-state index in [4.69, 9.17) is 11.5 Å². The molecule has 0 spiro atoms. The molecule has 0 bridgehead atoms. The van der Waals surface area contributed by atoms with E-state index in [1.165, 1.54) is 30.3 Å². The van der Waals surface area contributed by atoms with Crippen molar-refractivity contribution in [2.75, 3.05) is 10.6 Å². The normalized spacial score (nSPS) is 13.1. The maximum absolute atomic E-state index is 14.7. The third-order valence-corrected chi connectivity index (χ3v) is 4.80. The predicted octanol–water partition coefficient (Wildman–Crippen LogP) is 5.86. The van der Waals surface area contributed by atoms with Gasteiger partial charge in [0.15, 0.2) is 0 Å². The maximum atomic E-state index is 14.7. The molecular weight excluding hydrogens is 438 g/mol. The van der Waals surface area contributed by atoms with Crippen LogP contribution in [0.2, 0.25) is 0 Å². The molecule has 0 radical (unpaired) electrons. The van der Waals surface area contributed by atoms with Gasteiger partial charge in [-0.3, -0.25) is 0 Å². The van der Waals surface area contributed by atoms with Gasteiger partial charge in [-0.1, -0.05) is 26.0 Å². The molecule has 7 nitrogen and oxygen atoms in total. The summed E-state index contributed by atoms with van der Waals surface area (Å²) in [6, 6.07) is 7.72. The Morgan fingerprint density at radius 2 is 1.32 bits per heavy atom. The van der Waals surface area contributed by atoms with E-state index in [-0.39, 0.29) is 16.8 Å². The first kappa shape index (κ1) is 26.2. The molecule has 0 saturated carbocycles. The van der Waals surface area contributed by atoms with E-state index >= 15 is 0 Å². The highest BCUT2D eigenvalue weighted by Crippen LogP contribution is 2.25. The van der Waals surface area contributed by atoms with Crippen molar-refractivity contribution in [3.63, 3.8) is 0 Å². The number of nitrogens with zero attached hydrogens (tertiary/aromatic N) is 2. The highest BCUT2D eigenvalue weighted by atomic mass is 19.1. The Hall–Kier alpha value is -4.01. The van der Waals surface area contributed by atoms with Crippen molar-refractivity contribution < 1.29 is 13.6 Å². The molecule has 180 valence electrons. The topological polar surface area (TPSA) is 118 Å². The first-order valence-corrected chi connectivity index (χ1v) is 10.9. The Morgan fingerprint density at radius 1 is 0.824 bits per heavy atom. The number of amidine groups is 2. The summed E-state index contributed by atoms with van der Waals surface area (Å²) in [7, 11) is 0. The third kappa shape index (κ3) is 6.99. The molecule has 0 aliphatic rings. The number of urea groups is 1. The lowest BCUT2D eigenvalue weighted by atomic mass is 10.1. The van der Waals surface area contributed by atoms with Gasteiger partial charge in [-0.25, -0.2) is 23.6 Å². The zero-order chi connectivity index (χ0) is 25.3. The highest BCUT2D eigenvalue weighted by molar-refractivity contribution is 6.00.